The Kier molecular flexibility index (Phi) is 6.43. The second-order valence-corrected chi connectivity index (χ2v) is 10.0. The molecule has 0 aromatic carbocycles. The van der Waals surface area contributed by atoms with Gasteiger partial charge in [-0.2, -0.15) is 0 Å². The van der Waals surface area contributed by atoms with Crippen molar-refractivity contribution < 1.29 is 23.4 Å². The van der Waals surface area contributed by atoms with E-state index in [1.165, 1.54) is 6.33 Å². The lowest BCUT2D eigenvalue weighted by Crippen LogP contribution is -2.28. The van der Waals surface area contributed by atoms with Gasteiger partial charge >= 0.3 is 8.60 Å². The van der Waals surface area contributed by atoms with Gasteiger partial charge in [0, 0.05) is 6.42 Å². The van der Waals surface area contributed by atoms with E-state index in [0.29, 0.717) is 23.4 Å². The Balaban J connectivity index is 1.66. The maximum absolute atomic E-state index is 10.5. The Bertz CT molecular complexity index is 818. The van der Waals surface area contributed by atoms with E-state index in [2.05, 4.69) is 15.0 Å². The van der Waals surface area contributed by atoms with Gasteiger partial charge in [-0.3, -0.25) is 4.57 Å². The van der Waals surface area contributed by atoms with E-state index in [-0.39, 0.29) is 6.61 Å². The van der Waals surface area contributed by atoms with Gasteiger partial charge in [0.15, 0.2) is 11.5 Å². The number of nitrogens with zero attached hydrogens (tertiary/aromatic N) is 4. The van der Waals surface area contributed by atoms with Crippen molar-refractivity contribution in [1.82, 2.24) is 19.5 Å². The molecule has 0 radical (unpaired) electrons. The summed E-state index contributed by atoms with van der Waals surface area (Å²) < 4.78 is 25.5. The number of hydrogen-bond acceptors (Lipinski definition) is 9. The van der Waals surface area contributed by atoms with Gasteiger partial charge in [0.1, 0.15) is 24.2 Å². The van der Waals surface area contributed by atoms with Crippen LogP contribution in [-0.4, -0.2) is 54.6 Å². The van der Waals surface area contributed by atoms with Crippen molar-refractivity contribution in [2.75, 3.05) is 12.3 Å². The molecule has 3 rings (SSSR count). The predicted molar refractivity (Wildman–Crippen MR) is 109 cm³/mol. The van der Waals surface area contributed by atoms with Crippen molar-refractivity contribution in [3.8, 4) is 0 Å². The van der Waals surface area contributed by atoms with E-state index in [1.54, 1.807) is 10.9 Å². The predicted octanol–water partition coefficient (Wildman–Crippen LogP) is 2.93. The highest BCUT2D eigenvalue weighted by Crippen LogP contribution is 2.48. The van der Waals surface area contributed by atoms with Crippen LogP contribution in [0.25, 0.3) is 11.2 Å². The molecule has 11 heteroatoms. The van der Waals surface area contributed by atoms with E-state index in [9.17, 15) is 5.11 Å². The third-order valence-electron chi connectivity index (χ3n) is 3.94. The zero-order valence-corrected chi connectivity index (χ0v) is 18.6. The van der Waals surface area contributed by atoms with Crippen LogP contribution >= 0.6 is 8.60 Å². The summed E-state index contributed by atoms with van der Waals surface area (Å²) in [6.45, 7) is 11.8. The lowest BCUT2D eigenvalue weighted by atomic mass is 10.2. The minimum absolute atomic E-state index is 0.138. The molecule has 2 aromatic rings. The molecule has 3 atom stereocenters. The molecule has 0 spiro atoms. The maximum Gasteiger partial charge on any atom is 0.333 e. The van der Waals surface area contributed by atoms with Gasteiger partial charge < -0.3 is 29.1 Å². The first-order valence-corrected chi connectivity index (χ1v) is 10.6. The van der Waals surface area contributed by atoms with E-state index < -0.39 is 38.2 Å². The average Bonchev–Trinajstić information content (AvgIpc) is 3.14. The first-order chi connectivity index (χ1) is 13.4. The van der Waals surface area contributed by atoms with Crippen LogP contribution in [0.2, 0.25) is 0 Å². The van der Waals surface area contributed by atoms with Crippen LogP contribution in [0.3, 0.4) is 0 Å². The normalized spacial score (nSPS) is 23.4. The molecule has 162 valence electrons. The quantitative estimate of drug-likeness (QED) is 0.669. The van der Waals surface area contributed by atoms with E-state index in [4.69, 9.17) is 24.0 Å². The molecular weight excluding hydrogens is 397 g/mol. The van der Waals surface area contributed by atoms with Gasteiger partial charge in [-0.1, -0.05) is 0 Å². The Morgan fingerprint density at radius 3 is 2.45 bits per heavy atom. The smallest absolute Gasteiger partial charge is 0.333 e. The molecule has 0 saturated carbocycles. The van der Waals surface area contributed by atoms with Gasteiger partial charge in [-0.05, 0) is 41.5 Å². The van der Waals surface area contributed by atoms with E-state index >= 15 is 0 Å². The number of hydrogen-bond donors (Lipinski definition) is 2. The third kappa shape index (κ3) is 5.81. The molecule has 3 N–H and O–H groups in total. The molecule has 0 unspecified atom stereocenters. The Morgan fingerprint density at radius 1 is 1.17 bits per heavy atom. The van der Waals surface area contributed by atoms with Crippen LogP contribution in [-0.2, 0) is 18.3 Å². The molecule has 0 bridgehead atoms. The molecule has 29 heavy (non-hydrogen) atoms. The summed E-state index contributed by atoms with van der Waals surface area (Å²) in [5.74, 6) is 0.302. The number of fused-ring (bicyclic) bond motifs is 1. The van der Waals surface area contributed by atoms with Crippen LogP contribution in [0.4, 0.5) is 5.82 Å². The number of rotatable bonds is 6. The number of aromatic nitrogens is 4. The fraction of sp³-hybridized carbons (Fsp3) is 0.722. The van der Waals surface area contributed by atoms with Crippen LogP contribution in [0, 0.1) is 0 Å². The van der Waals surface area contributed by atoms with Gasteiger partial charge in [0.05, 0.1) is 30.2 Å². The fourth-order valence-corrected chi connectivity index (χ4v) is 4.08. The number of nitrogens with two attached hydrogens (primary N) is 1. The molecule has 0 amide bonds. The second-order valence-electron chi connectivity index (χ2n) is 8.94. The van der Waals surface area contributed by atoms with Crippen LogP contribution < -0.4 is 5.73 Å². The number of aliphatic hydroxyl groups is 1. The maximum atomic E-state index is 10.5. The summed E-state index contributed by atoms with van der Waals surface area (Å²) in [6, 6.07) is 0. The number of aliphatic hydroxyl groups excluding tert-OH is 1. The van der Waals surface area contributed by atoms with Gasteiger partial charge in [-0.15, -0.1) is 0 Å². The minimum Gasteiger partial charge on any atom is -0.390 e. The summed E-state index contributed by atoms with van der Waals surface area (Å²) >= 11 is 0. The molecule has 1 saturated heterocycles. The average molecular weight is 427 g/mol. The van der Waals surface area contributed by atoms with Crippen molar-refractivity contribution in [2.45, 2.75) is 77.6 Å². The fourth-order valence-electron chi connectivity index (χ4n) is 2.77. The number of nitrogen functional groups attached to an aromatic ring is 1. The Labute approximate surface area is 171 Å². The molecule has 2 aromatic heterocycles. The number of anilines is 1. The number of imidazole rings is 1. The standard InChI is InChI=1S/C18H30N5O5P/c1-17(2,3)27-29(28-18(4,5)6)25-8-12-11(24)7-13(26-12)23-10-22-14-15(19)20-9-21-16(14)23/h9-13,24H,7-8H2,1-6H3,(H2,19,20,21)/t11-,12+,13+/m0/s1. The molecular formula is C18H30N5O5P. The first-order valence-electron chi connectivity index (χ1n) is 9.51. The largest absolute Gasteiger partial charge is 0.390 e. The Hall–Kier alpha value is -1.42. The summed E-state index contributed by atoms with van der Waals surface area (Å²) in [7, 11) is -1.61. The highest BCUT2D eigenvalue weighted by Gasteiger charge is 2.38. The number of ether oxygens (including phenoxy) is 1. The van der Waals surface area contributed by atoms with Crippen molar-refractivity contribution in [2.24, 2.45) is 0 Å². The topological polar surface area (TPSA) is 127 Å². The highest BCUT2D eigenvalue weighted by atomic mass is 31.2. The van der Waals surface area contributed by atoms with Gasteiger partial charge in [0.2, 0.25) is 0 Å². The van der Waals surface area contributed by atoms with Crippen molar-refractivity contribution >= 4 is 25.6 Å². The van der Waals surface area contributed by atoms with Crippen molar-refractivity contribution in [1.29, 1.82) is 0 Å². The molecule has 0 aliphatic carbocycles. The van der Waals surface area contributed by atoms with Crippen LogP contribution in [0.1, 0.15) is 54.2 Å². The van der Waals surface area contributed by atoms with Crippen LogP contribution in [0.5, 0.6) is 0 Å². The molecule has 1 fully saturated rings. The molecule has 3 heterocycles. The summed E-state index contributed by atoms with van der Waals surface area (Å²) in [5, 5.41) is 10.5. The van der Waals surface area contributed by atoms with Gasteiger partial charge in [0.25, 0.3) is 0 Å². The van der Waals surface area contributed by atoms with E-state index in [1.807, 2.05) is 41.5 Å². The lowest BCUT2D eigenvalue weighted by molar-refractivity contribution is -0.0489. The van der Waals surface area contributed by atoms with Crippen LogP contribution in [0.15, 0.2) is 12.7 Å². The summed E-state index contributed by atoms with van der Waals surface area (Å²) in [4.78, 5) is 12.4. The van der Waals surface area contributed by atoms with E-state index in [0.717, 1.165) is 0 Å². The van der Waals surface area contributed by atoms with Crippen molar-refractivity contribution in [3.05, 3.63) is 12.7 Å². The van der Waals surface area contributed by atoms with Crippen molar-refractivity contribution in [3.63, 3.8) is 0 Å². The highest BCUT2D eigenvalue weighted by molar-refractivity contribution is 7.41. The summed E-state index contributed by atoms with van der Waals surface area (Å²) in [5.41, 5.74) is 6.05. The zero-order valence-electron chi connectivity index (χ0n) is 17.7. The third-order valence-corrected chi connectivity index (χ3v) is 5.70. The zero-order chi connectivity index (χ0) is 21.4. The molecule has 1 aliphatic heterocycles. The Morgan fingerprint density at radius 2 is 1.83 bits per heavy atom. The SMILES string of the molecule is CC(C)(C)OP(OC[C@H]1O[C@@H](n2cnc3c(N)ncnc32)C[C@@H]1O)OC(C)(C)C. The lowest BCUT2D eigenvalue weighted by Gasteiger charge is -2.31. The molecule has 10 nitrogen and oxygen atoms in total. The second kappa shape index (κ2) is 8.37. The van der Waals surface area contributed by atoms with Gasteiger partial charge in [-0.25, -0.2) is 15.0 Å². The monoisotopic (exact) mass is 427 g/mol. The minimum atomic E-state index is -1.61. The molecule has 1 aliphatic rings. The first kappa shape index (κ1) is 22.3. The summed E-state index contributed by atoms with van der Waals surface area (Å²) in [6.07, 6.45) is 1.67.